The van der Waals surface area contributed by atoms with Crippen LogP contribution in [0.3, 0.4) is 0 Å². The number of nitrogens with zero attached hydrogens (tertiary/aromatic N) is 1. The van der Waals surface area contributed by atoms with Gasteiger partial charge in [-0.3, -0.25) is 10.2 Å². The number of nitrogens with one attached hydrogen (secondary N) is 1. The van der Waals surface area contributed by atoms with E-state index in [0.29, 0.717) is 20.1 Å². The van der Waals surface area contributed by atoms with Crippen molar-refractivity contribution in [2.24, 2.45) is 0 Å². The van der Waals surface area contributed by atoms with E-state index in [1.807, 2.05) is 0 Å². The number of benzene rings is 1. The molecule has 2 aromatic rings. The molecule has 9 heteroatoms. The van der Waals surface area contributed by atoms with Gasteiger partial charge in [0.05, 0.1) is 10.0 Å². The fourth-order valence-corrected chi connectivity index (χ4v) is 4.28. The highest BCUT2D eigenvalue weighted by atomic mass is 35.5. The summed E-state index contributed by atoms with van der Waals surface area (Å²) in [5.74, 6) is -0.867. The zero-order valence-corrected chi connectivity index (χ0v) is 13.8. The smallest absolute Gasteiger partial charge is 0.287 e. The Balaban J connectivity index is 2.09. The summed E-state index contributed by atoms with van der Waals surface area (Å²) in [6.07, 6.45) is -3.64. The molecule has 2 N–H and O–H groups in total. The van der Waals surface area contributed by atoms with E-state index < -0.39 is 24.5 Å². The summed E-state index contributed by atoms with van der Waals surface area (Å²) in [6.45, 7) is 3.49. The number of hydrazine groups is 1. The van der Waals surface area contributed by atoms with Crippen molar-refractivity contribution < 1.29 is 18.7 Å². The van der Waals surface area contributed by atoms with Gasteiger partial charge in [-0.05, 0) is 12.1 Å². The molecule has 1 aliphatic rings. The van der Waals surface area contributed by atoms with Gasteiger partial charge in [-0.25, -0.2) is 13.8 Å². The number of rotatable bonds is 2. The lowest BCUT2D eigenvalue weighted by molar-refractivity contribution is -0.168. The van der Waals surface area contributed by atoms with Gasteiger partial charge in [0.2, 0.25) is 5.72 Å². The Kier molecular flexibility index (Phi) is 4.00. The van der Waals surface area contributed by atoms with E-state index in [4.69, 9.17) is 23.2 Å². The molecule has 23 heavy (non-hydrogen) atoms. The zero-order valence-electron chi connectivity index (χ0n) is 11.4. The van der Waals surface area contributed by atoms with Gasteiger partial charge >= 0.3 is 0 Å². The molecule has 1 atom stereocenters. The molecule has 1 aromatic heterocycles. The maximum Gasteiger partial charge on any atom is 0.287 e. The van der Waals surface area contributed by atoms with Crippen molar-refractivity contribution in [2.45, 2.75) is 18.6 Å². The number of halogens is 4. The van der Waals surface area contributed by atoms with Gasteiger partial charge < -0.3 is 5.11 Å². The fourth-order valence-electron chi connectivity index (χ4n) is 2.40. The number of fused-ring (bicyclic) bond motifs is 1. The highest BCUT2D eigenvalue weighted by Gasteiger charge is 2.52. The van der Waals surface area contributed by atoms with Crippen LogP contribution in [0.5, 0.6) is 0 Å². The number of hydrogen-bond acceptors (Lipinski definition) is 4. The third-order valence-electron chi connectivity index (χ3n) is 3.48. The summed E-state index contributed by atoms with van der Waals surface area (Å²) < 4.78 is 27.1. The average Bonchev–Trinajstić information content (AvgIpc) is 2.97. The molecule has 0 saturated carbocycles. The molecule has 4 nitrogen and oxygen atoms in total. The quantitative estimate of drug-likeness (QED) is 0.829. The van der Waals surface area contributed by atoms with E-state index in [0.717, 1.165) is 11.3 Å². The third kappa shape index (κ3) is 2.48. The number of hydrogen-bond donors (Lipinski definition) is 2. The Morgan fingerprint density at radius 3 is 2.78 bits per heavy atom. The van der Waals surface area contributed by atoms with E-state index in [1.54, 1.807) is 18.2 Å². The molecule has 2 heterocycles. The SMILES string of the molecule is C=C1CC(O)(C(F)F)N(C(=O)c2sc3cccc(Cl)c3c2Cl)N1. The van der Waals surface area contributed by atoms with Gasteiger partial charge in [-0.2, -0.15) is 0 Å². The number of alkyl halides is 2. The first-order chi connectivity index (χ1) is 10.8. The minimum absolute atomic E-state index is 0.0102. The highest BCUT2D eigenvalue weighted by molar-refractivity contribution is 7.21. The van der Waals surface area contributed by atoms with Crippen molar-refractivity contribution in [3.05, 3.63) is 45.4 Å². The van der Waals surface area contributed by atoms with Gasteiger partial charge in [0, 0.05) is 22.2 Å². The molecule has 0 radical (unpaired) electrons. The number of aliphatic hydroxyl groups is 1. The summed E-state index contributed by atoms with van der Waals surface area (Å²) in [4.78, 5) is 12.6. The van der Waals surface area contributed by atoms with Crippen LogP contribution in [-0.4, -0.2) is 28.2 Å². The third-order valence-corrected chi connectivity index (χ3v) is 5.43. The van der Waals surface area contributed by atoms with Gasteiger partial charge in [-0.15, -0.1) is 11.3 Å². The van der Waals surface area contributed by atoms with Crippen molar-refractivity contribution in [2.75, 3.05) is 0 Å². The lowest BCUT2D eigenvalue weighted by Gasteiger charge is -2.30. The van der Waals surface area contributed by atoms with Crippen molar-refractivity contribution in [3.63, 3.8) is 0 Å². The molecule has 1 unspecified atom stereocenters. The van der Waals surface area contributed by atoms with Crippen LogP contribution in [-0.2, 0) is 0 Å². The lowest BCUT2D eigenvalue weighted by atomic mass is 10.1. The van der Waals surface area contributed by atoms with Gasteiger partial charge in [0.25, 0.3) is 12.3 Å². The largest absolute Gasteiger partial charge is 0.364 e. The van der Waals surface area contributed by atoms with E-state index >= 15 is 0 Å². The topological polar surface area (TPSA) is 52.6 Å². The maximum absolute atomic E-state index is 13.2. The Morgan fingerprint density at radius 1 is 1.48 bits per heavy atom. The first-order valence-electron chi connectivity index (χ1n) is 6.41. The van der Waals surface area contributed by atoms with Gasteiger partial charge in [-0.1, -0.05) is 35.8 Å². The van der Waals surface area contributed by atoms with Crippen LogP contribution in [0, 0.1) is 0 Å². The van der Waals surface area contributed by atoms with Crippen molar-refractivity contribution in [1.82, 2.24) is 10.4 Å². The summed E-state index contributed by atoms with van der Waals surface area (Å²) in [5.41, 5.74) is -0.177. The number of carbonyl (C=O) groups is 1. The molecule has 0 spiro atoms. The second-order valence-electron chi connectivity index (χ2n) is 5.07. The molecule has 1 saturated heterocycles. The molecular weight excluding hydrogens is 369 g/mol. The molecule has 0 aliphatic carbocycles. The minimum Gasteiger partial charge on any atom is -0.364 e. The second-order valence-corrected chi connectivity index (χ2v) is 6.91. The maximum atomic E-state index is 13.2. The molecular formula is C14H10Cl2F2N2O2S. The molecule has 1 aliphatic heterocycles. The first kappa shape index (κ1) is 16.4. The first-order valence-corrected chi connectivity index (χ1v) is 7.99. The summed E-state index contributed by atoms with van der Waals surface area (Å²) in [6, 6.07) is 5.02. The normalized spacial score (nSPS) is 21.3. The summed E-state index contributed by atoms with van der Waals surface area (Å²) >= 11 is 13.3. The highest BCUT2D eigenvalue weighted by Crippen LogP contribution is 2.41. The molecule has 1 aromatic carbocycles. The van der Waals surface area contributed by atoms with Crippen LogP contribution in [0.1, 0.15) is 16.1 Å². The monoisotopic (exact) mass is 378 g/mol. The van der Waals surface area contributed by atoms with Crippen molar-refractivity contribution >= 4 is 50.5 Å². The number of amides is 1. The van der Waals surface area contributed by atoms with Gasteiger partial charge in [0.1, 0.15) is 4.88 Å². The van der Waals surface area contributed by atoms with E-state index in [2.05, 4.69) is 12.0 Å². The summed E-state index contributed by atoms with van der Waals surface area (Å²) in [5, 5.41) is 11.5. The van der Waals surface area contributed by atoms with Crippen LogP contribution in [0.2, 0.25) is 10.0 Å². The van der Waals surface area contributed by atoms with E-state index in [1.165, 1.54) is 0 Å². The van der Waals surface area contributed by atoms with Crippen LogP contribution in [0.15, 0.2) is 30.5 Å². The average molecular weight is 379 g/mol. The van der Waals surface area contributed by atoms with E-state index in [-0.39, 0.29) is 15.6 Å². The van der Waals surface area contributed by atoms with Crippen LogP contribution < -0.4 is 5.43 Å². The Labute approximate surface area is 143 Å². The molecule has 1 fully saturated rings. The van der Waals surface area contributed by atoms with E-state index in [9.17, 15) is 18.7 Å². The Morgan fingerprint density at radius 2 is 2.17 bits per heavy atom. The Bertz CT molecular complexity index is 826. The molecule has 1 amide bonds. The van der Waals surface area contributed by atoms with Gasteiger partial charge in [0.15, 0.2) is 0 Å². The molecule has 0 bridgehead atoms. The number of thiophene rings is 1. The van der Waals surface area contributed by atoms with Crippen LogP contribution in [0.25, 0.3) is 10.1 Å². The zero-order chi connectivity index (χ0) is 16.9. The fraction of sp³-hybridized carbons (Fsp3) is 0.214. The predicted octanol–water partition coefficient (Wildman–Crippen LogP) is 4.03. The standard InChI is InChI=1S/C14H10Cl2F2N2O2S/c1-6-5-14(22,13(17)18)20(19-6)12(21)11-10(16)9-7(15)3-2-4-8(9)23-11/h2-4,13,19,22H,1,5H2. The number of carbonyl (C=O) groups excluding carboxylic acids is 1. The minimum atomic E-state index is -3.17. The summed E-state index contributed by atoms with van der Waals surface area (Å²) in [7, 11) is 0. The Hall–Kier alpha value is -1.41. The molecule has 3 rings (SSSR count). The molecule has 122 valence electrons. The predicted molar refractivity (Wildman–Crippen MR) is 85.9 cm³/mol. The van der Waals surface area contributed by atoms with Crippen molar-refractivity contribution in [1.29, 1.82) is 0 Å². The van der Waals surface area contributed by atoms with Crippen LogP contribution >= 0.6 is 34.5 Å². The lowest BCUT2D eigenvalue weighted by Crippen LogP contribution is -2.55. The van der Waals surface area contributed by atoms with Crippen molar-refractivity contribution in [3.8, 4) is 0 Å². The second kappa shape index (κ2) is 5.59. The van der Waals surface area contributed by atoms with Crippen LogP contribution in [0.4, 0.5) is 8.78 Å².